The summed E-state index contributed by atoms with van der Waals surface area (Å²) in [5.74, 6) is -0.751. The van der Waals surface area contributed by atoms with Gasteiger partial charge in [-0.25, -0.2) is 9.40 Å². The van der Waals surface area contributed by atoms with Crippen LogP contribution < -0.4 is 5.32 Å². The number of halogens is 1. The Morgan fingerprint density at radius 2 is 1.88 bits per heavy atom. The van der Waals surface area contributed by atoms with Gasteiger partial charge in [0, 0.05) is 25.8 Å². The van der Waals surface area contributed by atoms with Crippen LogP contribution in [0.1, 0.15) is 30.4 Å². The number of hydrogen-bond donors (Lipinski definition) is 1. The van der Waals surface area contributed by atoms with Crippen molar-refractivity contribution in [2.75, 3.05) is 6.54 Å². The number of carbonyl (C=O) groups excluding carboxylic acids is 2. The molecule has 0 aromatic heterocycles. The van der Waals surface area contributed by atoms with Crippen LogP contribution in [-0.2, 0) is 16.1 Å². The van der Waals surface area contributed by atoms with Gasteiger partial charge in [0.15, 0.2) is 0 Å². The van der Waals surface area contributed by atoms with E-state index in [-0.39, 0.29) is 37.0 Å². The second kappa shape index (κ2) is 8.38. The molecular formula is C20H20FN3O2. The van der Waals surface area contributed by atoms with E-state index in [2.05, 4.69) is 10.4 Å². The number of hydrogen-bond acceptors (Lipinski definition) is 3. The summed E-state index contributed by atoms with van der Waals surface area (Å²) in [6.07, 6.45) is 0.892. The van der Waals surface area contributed by atoms with Crippen molar-refractivity contribution in [1.82, 2.24) is 10.3 Å². The van der Waals surface area contributed by atoms with Crippen molar-refractivity contribution in [3.05, 3.63) is 71.5 Å². The third-order valence-corrected chi connectivity index (χ3v) is 4.14. The number of rotatable bonds is 6. The number of benzene rings is 2. The van der Waals surface area contributed by atoms with Crippen molar-refractivity contribution < 1.29 is 14.0 Å². The molecule has 1 aliphatic rings. The highest BCUT2D eigenvalue weighted by molar-refractivity contribution is 6.02. The van der Waals surface area contributed by atoms with Crippen molar-refractivity contribution in [3.63, 3.8) is 0 Å². The Balaban J connectivity index is 1.45. The van der Waals surface area contributed by atoms with Gasteiger partial charge in [0.2, 0.25) is 11.8 Å². The maximum absolute atomic E-state index is 13.1. The normalized spacial score (nSPS) is 13.4. The Morgan fingerprint density at radius 1 is 1.08 bits per heavy atom. The van der Waals surface area contributed by atoms with Gasteiger partial charge in [-0.1, -0.05) is 42.5 Å². The maximum Gasteiger partial charge on any atom is 0.243 e. The molecule has 1 heterocycles. The summed E-state index contributed by atoms with van der Waals surface area (Å²) in [4.78, 5) is 24.1. The van der Waals surface area contributed by atoms with Crippen molar-refractivity contribution in [1.29, 1.82) is 0 Å². The molecule has 1 N–H and O–H groups in total. The van der Waals surface area contributed by atoms with Crippen LogP contribution in [0.5, 0.6) is 0 Å². The second-order valence-corrected chi connectivity index (χ2v) is 6.09. The van der Waals surface area contributed by atoms with E-state index in [1.807, 2.05) is 30.3 Å². The first kappa shape index (κ1) is 17.8. The van der Waals surface area contributed by atoms with E-state index < -0.39 is 0 Å². The first-order valence-electron chi connectivity index (χ1n) is 8.56. The van der Waals surface area contributed by atoms with Crippen molar-refractivity contribution in [2.24, 2.45) is 5.10 Å². The van der Waals surface area contributed by atoms with E-state index in [0.29, 0.717) is 18.5 Å². The zero-order valence-corrected chi connectivity index (χ0v) is 14.3. The Bertz CT molecular complexity index is 821. The molecule has 0 unspecified atom stereocenters. The molecule has 1 aliphatic heterocycles. The molecule has 2 aromatic carbocycles. The van der Waals surface area contributed by atoms with Gasteiger partial charge in [0.1, 0.15) is 5.82 Å². The van der Waals surface area contributed by atoms with Gasteiger partial charge in [-0.05, 0) is 23.3 Å². The number of nitrogens with zero attached hydrogens (tertiary/aromatic N) is 2. The van der Waals surface area contributed by atoms with Crippen LogP contribution >= 0.6 is 0 Å². The monoisotopic (exact) mass is 353 g/mol. The number of nitrogens with one attached hydrogen (secondary N) is 1. The average molecular weight is 353 g/mol. The van der Waals surface area contributed by atoms with Crippen LogP contribution in [0.2, 0.25) is 0 Å². The van der Waals surface area contributed by atoms with Crippen LogP contribution in [0.3, 0.4) is 0 Å². The molecule has 0 bridgehead atoms. The van der Waals surface area contributed by atoms with Gasteiger partial charge in [-0.15, -0.1) is 0 Å². The van der Waals surface area contributed by atoms with Crippen molar-refractivity contribution in [3.8, 4) is 0 Å². The summed E-state index contributed by atoms with van der Waals surface area (Å²) in [6, 6.07) is 15.8. The summed E-state index contributed by atoms with van der Waals surface area (Å²) in [5, 5.41) is 8.49. The van der Waals surface area contributed by atoms with Crippen molar-refractivity contribution in [2.45, 2.75) is 25.8 Å². The first-order chi connectivity index (χ1) is 12.6. The molecule has 0 saturated heterocycles. The van der Waals surface area contributed by atoms with E-state index in [1.165, 1.54) is 17.1 Å². The Hall–Kier alpha value is -3.02. The smallest absolute Gasteiger partial charge is 0.243 e. The van der Waals surface area contributed by atoms with Gasteiger partial charge in [-0.2, -0.15) is 5.10 Å². The largest absolute Gasteiger partial charge is 0.352 e. The standard InChI is InChI=1S/C20H20FN3O2/c21-17-8-4-5-15(13-17)14-22-19(25)9-10-20(26)24-12-11-18(23-24)16-6-2-1-3-7-16/h1-8,13H,9-12,14H2,(H,22,25). The number of carbonyl (C=O) groups is 2. The fraction of sp³-hybridized carbons (Fsp3) is 0.250. The first-order valence-corrected chi connectivity index (χ1v) is 8.56. The highest BCUT2D eigenvalue weighted by atomic mass is 19.1. The topological polar surface area (TPSA) is 61.8 Å². The SMILES string of the molecule is O=C(CCC(=O)N1CCC(c2ccccc2)=N1)NCc1cccc(F)c1. The summed E-state index contributed by atoms with van der Waals surface area (Å²) in [7, 11) is 0. The van der Waals surface area contributed by atoms with Crippen LogP contribution in [0.4, 0.5) is 4.39 Å². The van der Waals surface area contributed by atoms with Gasteiger partial charge < -0.3 is 5.32 Å². The van der Waals surface area contributed by atoms with Crippen LogP contribution in [0.15, 0.2) is 59.7 Å². The molecular weight excluding hydrogens is 333 g/mol. The fourth-order valence-electron chi connectivity index (χ4n) is 2.76. The zero-order valence-electron chi connectivity index (χ0n) is 14.3. The van der Waals surface area contributed by atoms with Gasteiger partial charge in [-0.3, -0.25) is 9.59 Å². The average Bonchev–Trinajstić information content (AvgIpc) is 3.15. The molecule has 2 aromatic rings. The third kappa shape index (κ3) is 4.75. The van der Waals surface area contributed by atoms with Gasteiger partial charge in [0.05, 0.1) is 12.3 Å². The summed E-state index contributed by atoms with van der Waals surface area (Å²) in [6.45, 7) is 0.777. The predicted molar refractivity (Wildman–Crippen MR) is 96.8 cm³/mol. The summed E-state index contributed by atoms with van der Waals surface area (Å²) < 4.78 is 13.1. The van der Waals surface area contributed by atoms with E-state index in [0.717, 1.165) is 11.3 Å². The van der Waals surface area contributed by atoms with E-state index in [9.17, 15) is 14.0 Å². The Labute approximate surface area is 151 Å². The molecule has 26 heavy (non-hydrogen) atoms. The third-order valence-electron chi connectivity index (χ3n) is 4.14. The minimum atomic E-state index is -0.340. The zero-order chi connectivity index (χ0) is 18.4. The molecule has 5 nitrogen and oxygen atoms in total. The Kier molecular flexibility index (Phi) is 5.73. The minimum Gasteiger partial charge on any atom is -0.352 e. The van der Waals surface area contributed by atoms with Gasteiger partial charge >= 0.3 is 0 Å². The summed E-state index contributed by atoms with van der Waals surface area (Å²) in [5.41, 5.74) is 2.58. The van der Waals surface area contributed by atoms with E-state index >= 15 is 0 Å². The minimum absolute atomic E-state index is 0.0842. The lowest BCUT2D eigenvalue weighted by atomic mass is 10.1. The lowest BCUT2D eigenvalue weighted by molar-refractivity contribution is -0.133. The molecule has 0 radical (unpaired) electrons. The van der Waals surface area contributed by atoms with Crippen molar-refractivity contribution >= 4 is 17.5 Å². The highest BCUT2D eigenvalue weighted by Gasteiger charge is 2.21. The molecule has 3 rings (SSSR count). The molecule has 0 fully saturated rings. The number of amides is 2. The van der Waals surface area contributed by atoms with Crippen LogP contribution in [0, 0.1) is 5.82 Å². The molecule has 0 aliphatic carbocycles. The molecule has 134 valence electrons. The summed E-state index contributed by atoms with van der Waals surface area (Å²) >= 11 is 0. The number of hydrazone groups is 1. The van der Waals surface area contributed by atoms with Crippen LogP contribution in [0.25, 0.3) is 0 Å². The Morgan fingerprint density at radius 3 is 2.65 bits per heavy atom. The van der Waals surface area contributed by atoms with E-state index in [1.54, 1.807) is 12.1 Å². The van der Waals surface area contributed by atoms with E-state index in [4.69, 9.17) is 0 Å². The molecule has 0 saturated carbocycles. The lowest BCUT2D eigenvalue weighted by Crippen LogP contribution is -2.27. The molecule has 0 spiro atoms. The van der Waals surface area contributed by atoms with Gasteiger partial charge in [0.25, 0.3) is 0 Å². The lowest BCUT2D eigenvalue weighted by Gasteiger charge is -2.11. The second-order valence-electron chi connectivity index (χ2n) is 6.09. The molecule has 6 heteroatoms. The predicted octanol–water partition coefficient (Wildman–Crippen LogP) is 2.86. The molecule has 2 amide bonds. The fourth-order valence-corrected chi connectivity index (χ4v) is 2.76. The maximum atomic E-state index is 13.1. The quantitative estimate of drug-likeness (QED) is 0.868. The molecule has 0 atom stereocenters. The highest BCUT2D eigenvalue weighted by Crippen LogP contribution is 2.15. The van der Waals surface area contributed by atoms with Crippen LogP contribution in [-0.4, -0.2) is 29.1 Å².